The Bertz CT molecular complexity index is 947. The van der Waals surface area contributed by atoms with Crippen LogP contribution in [0.5, 0.6) is 0 Å². The molecule has 7 nitrogen and oxygen atoms in total. The lowest BCUT2D eigenvalue weighted by atomic mass is 10.2. The van der Waals surface area contributed by atoms with Crippen LogP contribution in [-0.2, 0) is 11.2 Å². The predicted octanol–water partition coefficient (Wildman–Crippen LogP) is 2.26. The lowest BCUT2D eigenvalue weighted by molar-refractivity contribution is -0.121. The Balaban J connectivity index is 1.50. The summed E-state index contributed by atoms with van der Waals surface area (Å²) in [6.45, 7) is 0.477. The largest absolute Gasteiger partial charge is 0.468 e. The molecule has 0 bridgehead atoms. The molecule has 2 aromatic heterocycles. The third-order valence-electron chi connectivity index (χ3n) is 4.47. The van der Waals surface area contributed by atoms with Gasteiger partial charge in [-0.3, -0.25) is 14.5 Å². The minimum absolute atomic E-state index is 0.0116. The average molecular weight is 368 g/mol. The fourth-order valence-electron chi connectivity index (χ4n) is 2.99. The van der Waals surface area contributed by atoms with Crippen molar-refractivity contribution in [2.45, 2.75) is 25.3 Å². The number of aromatic amines is 1. The van der Waals surface area contributed by atoms with E-state index in [1.54, 1.807) is 12.3 Å². The first-order chi connectivity index (χ1) is 13.0. The summed E-state index contributed by atoms with van der Waals surface area (Å²) in [4.78, 5) is 33.5. The Labute approximate surface area is 157 Å². The lowest BCUT2D eigenvalue weighted by Gasteiger charge is -2.22. The summed E-state index contributed by atoms with van der Waals surface area (Å²) in [5, 5.41) is 3.52. The molecule has 1 amide bonds. The molecule has 0 spiro atoms. The van der Waals surface area contributed by atoms with Gasteiger partial charge in [0.15, 0.2) is 0 Å². The number of hydrogen-bond donors (Lipinski definition) is 2. The number of nitrogens with one attached hydrogen (secondary N) is 2. The number of fused-ring (bicyclic) bond motifs is 1. The first-order valence-electron chi connectivity index (χ1n) is 8.99. The number of rotatable bonds is 8. The van der Waals surface area contributed by atoms with Gasteiger partial charge in [0.05, 0.1) is 23.2 Å². The highest BCUT2D eigenvalue weighted by atomic mass is 16.3. The topological polar surface area (TPSA) is 91.2 Å². The molecule has 0 aliphatic rings. The predicted molar refractivity (Wildman–Crippen MR) is 103 cm³/mol. The molecule has 0 aliphatic heterocycles. The number of aryl methyl sites for hydroxylation is 1. The smallest absolute Gasteiger partial charge is 0.258 e. The number of nitrogens with zero attached hydrogens (tertiary/aromatic N) is 2. The fourth-order valence-corrected chi connectivity index (χ4v) is 2.99. The van der Waals surface area contributed by atoms with Crippen LogP contribution in [0.3, 0.4) is 0 Å². The van der Waals surface area contributed by atoms with E-state index in [1.165, 1.54) is 0 Å². The summed E-state index contributed by atoms with van der Waals surface area (Å²) in [5.41, 5.74) is 0.528. The first kappa shape index (κ1) is 18.8. The number of para-hydroxylation sites is 1. The Hall–Kier alpha value is -2.93. The standard InChI is InChI=1S/C20H24N4O3/c1-24(2)16(17-9-6-12-27-17)13-21-19(25)11-5-10-18-22-15-8-4-3-7-14(15)20(26)23-18/h3-4,6-9,12,16H,5,10-11,13H2,1-2H3,(H,21,25)(H,22,23,26). The number of likely N-dealkylation sites (N-methyl/N-ethyl adjacent to an activating group) is 1. The number of carbonyl (C=O) groups excluding carboxylic acids is 1. The maximum Gasteiger partial charge on any atom is 0.258 e. The second kappa shape index (κ2) is 8.64. The van der Waals surface area contributed by atoms with Crippen molar-refractivity contribution in [1.82, 2.24) is 20.2 Å². The van der Waals surface area contributed by atoms with Crippen molar-refractivity contribution >= 4 is 16.8 Å². The van der Waals surface area contributed by atoms with Gasteiger partial charge in [-0.05, 0) is 44.8 Å². The van der Waals surface area contributed by atoms with Crippen molar-refractivity contribution < 1.29 is 9.21 Å². The van der Waals surface area contributed by atoms with Gasteiger partial charge in [0.2, 0.25) is 5.91 Å². The van der Waals surface area contributed by atoms with Crippen LogP contribution >= 0.6 is 0 Å². The lowest BCUT2D eigenvalue weighted by Crippen LogP contribution is -2.34. The van der Waals surface area contributed by atoms with E-state index in [4.69, 9.17) is 4.42 Å². The molecule has 0 aliphatic carbocycles. The van der Waals surface area contributed by atoms with Crippen LogP contribution < -0.4 is 10.9 Å². The fraction of sp³-hybridized carbons (Fsp3) is 0.350. The third kappa shape index (κ3) is 4.83. The summed E-state index contributed by atoms with van der Waals surface area (Å²) >= 11 is 0. The molecule has 2 N–H and O–H groups in total. The number of amides is 1. The number of benzene rings is 1. The van der Waals surface area contributed by atoms with Crippen molar-refractivity contribution in [3.63, 3.8) is 0 Å². The highest BCUT2D eigenvalue weighted by molar-refractivity contribution is 5.77. The normalized spacial score (nSPS) is 12.4. The van der Waals surface area contributed by atoms with Crippen LogP contribution in [0.25, 0.3) is 10.9 Å². The minimum atomic E-state index is -0.146. The number of H-pyrrole nitrogens is 1. The average Bonchev–Trinajstić information content (AvgIpc) is 3.16. The molecule has 1 aromatic carbocycles. The van der Waals surface area contributed by atoms with E-state index < -0.39 is 0 Å². The zero-order valence-electron chi connectivity index (χ0n) is 15.6. The van der Waals surface area contributed by atoms with Gasteiger partial charge in [0, 0.05) is 19.4 Å². The Morgan fingerprint density at radius 2 is 2.07 bits per heavy atom. The molecule has 7 heteroatoms. The van der Waals surface area contributed by atoms with Gasteiger partial charge < -0.3 is 14.7 Å². The summed E-state index contributed by atoms with van der Waals surface area (Å²) < 4.78 is 5.44. The Morgan fingerprint density at radius 3 is 2.81 bits per heavy atom. The van der Waals surface area contributed by atoms with E-state index in [1.807, 2.05) is 49.3 Å². The molecule has 2 heterocycles. The highest BCUT2D eigenvalue weighted by Gasteiger charge is 2.17. The number of hydrogen-bond acceptors (Lipinski definition) is 5. The SMILES string of the molecule is CN(C)C(CNC(=O)CCCc1nc2ccccc2c(=O)[nH]1)c1ccco1. The molecule has 0 saturated heterocycles. The van der Waals surface area contributed by atoms with Crippen molar-refractivity contribution in [2.24, 2.45) is 0 Å². The summed E-state index contributed by atoms with van der Waals surface area (Å²) in [5.74, 6) is 1.39. The van der Waals surface area contributed by atoms with Gasteiger partial charge in [0.25, 0.3) is 5.56 Å². The van der Waals surface area contributed by atoms with Crippen LogP contribution in [0.2, 0.25) is 0 Å². The number of carbonyl (C=O) groups is 1. The maximum atomic E-state index is 12.2. The molecule has 1 atom stereocenters. The van der Waals surface area contributed by atoms with Crippen LogP contribution in [0.1, 0.15) is 30.5 Å². The molecule has 3 rings (SSSR count). The van der Waals surface area contributed by atoms with E-state index >= 15 is 0 Å². The number of furan rings is 1. The van der Waals surface area contributed by atoms with Crippen LogP contribution in [-0.4, -0.2) is 41.4 Å². The van der Waals surface area contributed by atoms with E-state index in [2.05, 4.69) is 15.3 Å². The van der Waals surface area contributed by atoms with Gasteiger partial charge in [0.1, 0.15) is 11.6 Å². The van der Waals surface area contributed by atoms with Crippen LogP contribution in [0.15, 0.2) is 51.9 Å². The monoisotopic (exact) mass is 368 g/mol. The van der Waals surface area contributed by atoms with Crippen LogP contribution in [0.4, 0.5) is 0 Å². The van der Waals surface area contributed by atoms with Crippen LogP contribution in [0, 0.1) is 0 Å². The van der Waals surface area contributed by atoms with Gasteiger partial charge in [-0.15, -0.1) is 0 Å². The summed E-state index contributed by atoms with van der Waals surface area (Å²) in [6, 6.07) is 11.0. The maximum absolute atomic E-state index is 12.2. The summed E-state index contributed by atoms with van der Waals surface area (Å²) in [7, 11) is 3.89. The second-order valence-electron chi connectivity index (χ2n) is 6.68. The molecular formula is C20H24N4O3. The van der Waals surface area contributed by atoms with Crippen molar-refractivity contribution in [3.8, 4) is 0 Å². The van der Waals surface area contributed by atoms with E-state index in [0.29, 0.717) is 42.5 Å². The van der Waals surface area contributed by atoms with Crippen molar-refractivity contribution in [2.75, 3.05) is 20.6 Å². The molecule has 27 heavy (non-hydrogen) atoms. The van der Waals surface area contributed by atoms with E-state index in [-0.39, 0.29) is 17.5 Å². The molecule has 0 radical (unpaired) electrons. The minimum Gasteiger partial charge on any atom is -0.468 e. The van der Waals surface area contributed by atoms with E-state index in [0.717, 1.165) is 5.76 Å². The van der Waals surface area contributed by atoms with Gasteiger partial charge >= 0.3 is 0 Å². The molecule has 0 saturated carbocycles. The molecule has 3 aromatic rings. The Kier molecular flexibility index (Phi) is 6.03. The zero-order valence-corrected chi connectivity index (χ0v) is 15.6. The van der Waals surface area contributed by atoms with Crippen molar-refractivity contribution in [1.29, 1.82) is 0 Å². The van der Waals surface area contributed by atoms with Crippen molar-refractivity contribution in [3.05, 3.63) is 64.6 Å². The van der Waals surface area contributed by atoms with Gasteiger partial charge in [-0.1, -0.05) is 12.1 Å². The molecule has 1 unspecified atom stereocenters. The second-order valence-corrected chi connectivity index (χ2v) is 6.68. The molecular weight excluding hydrogens is 344 g/mol. The number of aromatic nitrogens is 2. The zero-order chi connectivity index (χ0) is 19.2. The highest BCUT2D eigenvalue weighted by Crippen LogP contribution is 2.17. The Morgan fingerprint density at radius 1 is 1.26 bits per heavy atom. The molecule has 0 fully saturated rings. The molecule has 142 valence electrons. The third-order valence-corrected chi connectivity index (χ3v) is 4.47. The summed E-state index contributed by atoms with van der Waals surface area (Å²) in [6.07, 6.45) is 3.16. The quantitative estimate of drug-likeness (QED) is 0.636. The first-order valence-corrected chi connectivity index (χ1v) is 8.99. The van der Waals surface area contributed by atoms with Gasteiger partial charge in [-0.2, -0.15) is 0 Å². The van der Waals surface area contributed by atoms with E-state index in [9.17, 15) is 9.59 Å². The van der Waals surface area contributed by atoms with Gasteiger partial charge in [-0.25, -0.2) is 4.98 Å².